The number of nitrogens with zero attached hydrogens (tertiary/aromatic N) is 2. The first-order valence-electron chi connectivity index (χ1n) is 9.92. The topological polar surface area (TPSA) is 135 Å². The molecule has 1 aliphatic heterocycles. The molecule has 0 aliphatic carbocycles. The van der Waals surface area contributed by atoms with Crippen LogP contribution in [0.1, 0.15) is 0 Å². The number of rotatable bonds is 6. The van der Waals surface area contributed by atoms with E-state index in [4.69, 9.17) is 10.2 Å². The molecule has 0 saturated heterocycles. The first kappa shape index (κ1) is 22.2. The zero-order chi connectivity index (χ0) is 23.9. The lowest BCUT2D eigenvalue weighted by Gasteiger charge is -2.24. The molecule has 0 fully saturated rings. The number of nitrogens with one attached hydrogen (secondary N) is 1. The van der Waals surface area contributed by atoms with Crippen LogP contribution in [0.3, 0.4) is 0 Å². The number of benzene rings is 2. The largest absolute Gasteiger partial charge is 0.446 e. The van der Waals surface area contributed by atoms with E-state index in [1.165, 1.54) is 23.8 Å². The Morgan fingerprint density at radius 3 is 2.44 bits per heavy atom. The number of hydrogen-bond acceptors (Lipinski definition) is 9. The molecule has 3 N–H and O–H groups in total. The molecule has 34 heavy (non-hydrogen) atoms. The highest BCUT2D eigenvalue weighted by molar-refractivity contribution is 7.95. The second-order valence-corrected chi connectivity index (χ2v) is 12.1. The van der Waals surface area contributed by atoms with Crippen molar-refractivity contribution >= 4 is 48.4 Å². The Morgan fingerprint density at radius 2 is 1.71 bits per heavy atom. The van der Waals surface area contributed by atoms with Crippen LogP contribution in [0.4, 0.5) is 11.4 Å². The van der Waals surface area contributed by atoms with Gasteiger partial charge in [-0.05, 0) is 48.5 Å². The van der Waals surface area contributed by atoms with Crippen LogP contribution >= 0.6 is 11.3 Å². The Hall–Kier alpha value is -3.61. The van der Waals surface area contributed by atoms with Gasteiger partial charge in [-0.15, -0.1) is 11.3 Å². The SMILES string of the molecule is NC1=c2ccoc2=NCN1c1ccc(NS(=O)(=O)c2cc(S(=O)(=O)c3ccccc3)cs2)cc1. The summed E-state index contributed by atoms with van der Waals surface area (Å²) in [5, 5.41) is 2.01. The van der Waals surface area contributed by atoms with Crippen molar-refractivity contribution in [2.24, 2.45) is 10.7 Å². The number of anilines is 2. The lowest BCUT2D eigenvalue weighted by atomic mass is 10.2. The van der Waals surface area contributed by atoms with Crippen LogP contribution in [0, 0.1) is 0 Å². The molecule has 9 nitrogen and oxygen atoms in total. The summed E-state index contributed by atoms with van der Waals surface area (Å²) in [5.41, 5.74) is 7.75. The van der Waals surface area contributed by atoms with Gasteiger partial charge in [0.25, 0.3) is 10.0 Å². The van der Waals surface area contributed by atoms with Crippen molar-refractivity contribution in [3.05, 3.63) is 89.1 Å². The van der Waals surface area contributed by atoms with E-state index in [1.807, 2.05) is 0 Å². The Bertz CT molecular complexity index is 1690. The van der Waals surface area contributed by atoms with Crippen molar-refractivity contribution in [1.29, 1.82) is 0 Å². The Labute approximate surface area is 199 Å². The van der Waals surface area contributed by atoms with Crippen LogP contribution in [0.5, 0.6) is 0 Å². The van der Waals surface area contributed by atoms with Crippen molar-refractivity contribution in [3.8, 4) is 0 Å². The third-order valence-corrected chi connectivity index (χ3v) is 9.90. The fourth-order valence-corrected chi connectivity index (χ4v) is 7.39. The average Bonchev–Trinajstić information content (AvgIpc) is 3.52. The summed E-state index contributed by atoms with van der Waals surface area (Å²) in [4.78, 5) is 6.13. The maximum atomic E-state index is 12.9. The molecule has 2 aromatic carbocycles. The van der Waals surface area contributed by atoms with E-state index in [9.17, 15) is 16.8 Å². The summed E-state index contributed by atoms with van der Waals surface area (Å²) >= 11 is 0.839. The van der Waals surface area contributed by atoms with Crippen LogP contribution in [-0.2, 0) is 19.9 Å². The van der Waals surface area contributed by atoms with Gasteiger partial charge in [0.2, 0.25) is 15.4 Å². The van der Waals surface area contributed by atoms with Gasteiger partial charge in [0.1, 0.15) is 16.7 Å². The maximum Gasteiger partial charge on any atom is 0.271 e. The molecule has 0 amide bonds. The smallest absolute Gasteiger partial charge is 0.271 e. The van der Waals surface area contributed by atoms with Crippen molar-refractivity contribution < 1.29 is 21.3 Å². The number of sulfonamides is 1. The molecular formula is C22H18N4O5S3. The summed E-state index contributed by atoms with van der Waals surface area (Å²) in [6.07, 6.45) is 1.52. The molecule has 0 bridgehead atoms. The van der Waals surface area contributed by atoms with Crippen LogP contribution in [-0.4, -0.2) is 23.5 Å². The monoisotopic (exact) mass is 514 g/mol. The van der Waals surface area contributed by atoms with Crippen LogP contribution in [0.15, 0.2) is 102 Å². The van der Waals surface area contributed by atoms with Gasteiger partial charge in [-0.3, -0.25) is 4.72 Å². The normalized spacial score (nSPS) is 13.9. The fraction of sp³-hybridized carbons (Fsp3) is 0.0455. The van der Waals surface area contributed by atoms with E-state index in [2.05, 4.69) is 9.71 Å². The van der Waals surface area contributed by atoms with Gasteiger partial charge in [0.15, 0.2) is 0 Å². The third kappa shape index (κ3) is 3.95. The van der Waals surface area contributed by atoms with Crippen molar-refractivity contribution in [3.63, 3.8) is 0 Å². The van der Waals surface area contributed by atoms with E-state index in [-0.39, 0.29) is 20.7 Å². The molecule has 0 unspecified atom stereocenters. The molecule has 1 aliphatic rings. The molecule has 0 spiro atoms. The quantitative estimate of drug-likeness (QED) is 0.402. The minimum absolute atomic E-state index is 0.0714. The van der Waals surface area contributed by atoms with Crippen molar-refractivity contribution in [1.82, 2.24) is 0 Å². The van der Waals surface area contributed by atoms with Gasteiger partial charge in [-0.2, -0.15) is 0 Å². The molecular weight excluding hydrogens is 496 g/mol. The molecule has 5 rings (SSSR count). The summed E-state index contributed by atoms with van der Waals surface area (Å²) in [6.45, 7) is 0.269. The predicted molar refractivity (Wildman–Crippen MR) is 128 cm³/mol. The van der Waals surface area contributed by atoms with Crippen LogP contribution < -0.4 is 26.1 Å². The van der Waals surface area contributed by atoms with Crippen molar-refractivity contribution in [2.45, 2.75) is 14.0 Å². The Balaban J connectivity index is 1.36. The highest BCUT2D eigenvalue weighted by Crippen LogP contribution is 2.30. The molecule has 174 valence electrons. The van der Waals surface area contributed by atoms with E-state index >= 15 is 0 Å². The van der Waals surface area contributed by atoms with Crippen molar-refractivity contribution in [2.75, 3.05) is 16.3 Å². The van der Waals surface area contributed by atoms with Gasteiger partial charge in [0.05, 0.1) is 21.3 Å². The zero-order valence-electron chi connectivity index (χ0n) is 17.5. The molecule has 0 radical (unpaired) electrons. The van der Waals surface area contributed by atoms with Gasteiger partial charge in [-0.1, -0.05) is 18.2 Å². The second kappa shape index (κ2) is 8.31. The predicted octanol–water partition coefficient (Wildman–Crippen LogP) is 2.10. The lowest BCUT2D eigenvalue weighted by Crippen LogP contribution is -2.42. The minimum Gasteiger partial charge on any atom is -0.446 e. The first-order chi connectivity index (χ1) is 16.3. The van der Waals surface area contributed by atoms with E-state index < -0.39 is 19.9 Å². The standard InChI is InChI=1S/C22H18N4O5S3/c23-21-19-10-11-31-22(19)24-14-26(21)16-8-6-15(7-9-16)25-34(29,30)20-12-18(13-32-20)33(27,28)17-4-2-1-3-5-17/h1-13,25H,14,23H2. The van der Waals surface area contributed by atoms with Crippen LogP contribution in [0.2, 0.25) is 0 Å². The summed E-state index contributed by atoms with van der Waals surface area (Å²) in [5.74, 6) is 0.484. The minimum atomic E-state index is -3.99. The second-order valence-electron chi connectivity index (χ2n) is 7.32. The maximum absolute atomic E-state index is 12.9. The highest BCUT2D eigenvalue weighted by atomic mass is 32.2. The number of thiophene rings is 1. The average molecular weight is 515 g/mol. The molecule has 3 heterocycles. The van der Waals surface area contributed by atoms with Gasteiger partial charge in [-0.25, -0.2) is 21.8 Å². The van der Waals surface area contributed by atoms with E-state index in [1.54, 1.807) is 53.4 Å². The van der Waals surface area contributed by atoms with Gasteiger partial charge in [0, 0.05) is 16.8 Å². The first-order valence-corrected chi connectivity index (χ1v) is 13.8. The molecule has 12 heteroatoms. The number of fused-ring (bicyclic) bond motifs is 1. The number of nitrogens with two attached hydrogens (primary N) is 1. The van der Waals surface area contributed by atoms with Gasteiger partial charge < -0.3 is 15.1 Å². The number of furan rings is 1. The molecule has 4 aromatic rings. The number of sulfone groups is 1. The highest BCUT2D eigenvalue weighted by Gasteiger charge is 2.24. The summed E-state index contributed by atoms with van der Waals surface area (Å²) in [7, 11) is -7.79. The summed E-state index contributed by atoms with van der Waals surface area (Å²) < 4.78 is 58.9. The van der Waals surface area contributed by atoms with Gasteiger partial charge >= 0.3 is 0 Å². The summed E-state index contributed by atoms with van der Waals surface area (Å²) in [6, 6.07) is 17.4. The molecule has 0 saturated carbocycles. The van der Waals surface area contributed by atoms with Crippen LogP contribution in [0.25, 0.3) is 5.82 Å². The fourth-order valence-electron chi connectivity index (χ4n) is 3.43. The molecule has 0 atom stereocenters. The lowest BCUT2D eigenvalue weighted by molar-refractivity contribution is 0.500. The third-order valence-electron chi connectivity index (χ3n) is 5.18. The Kier molecular flexibility index (Phi) is 5.42. The zero-order valence-corrected chi connectivity index (χ0v) is 19.9. The molecule has 2 aromatic heterocycles. The Morgan fingerprint density at radius 1 is 0.971 bits per heavy atom. The van der Waals surface area contributed by atoms with E-state index in [0.29, 0.717) is 22.3 Å². The van der Waals surface area contributed by atoms with E-state index in [0.717, 1.165) is 23.1 Å². The number of hydrogen-bond donors (Lipinski definition) is 2.